The van der Waals surface area contributed by atoms with E-state index in [1.54, 1.807) is 6.20 Å². The van der Waals surface area contributed by atoms with Gasteiger partial charge in [-0.2, -0.15) is 4.98 Å². The summed E-state index contributed by atoms with van der Waals surface area (Å²) in [6.07, 6.45) is 1.58. The first-order valence-electron chi connectivity index (χ1n) is 5.47. The highest BCUT2D eigenvalue weighted by Gasteiger charge is 2.06. The fourth-order valence-electron chi connectivity index (χ4n) is 1.50. The van der Waals surface area contributed by atoms with Crippen LogP contribution in [0, 0.1) is 13.8 Å². The summed E-state index contributed by atoms with van der Waals surface area (Å²) in [5.41, 5.74) is 2.42. The molecule has 0 bridgehead atoms. The number of nitrogens with zero attached hydrogens (tertiary/aromatic N) is 2. The Kier molecular flexibility index (Phi) is 3.93. The van der Waals surface area contributed by atoms with Crippen LogP contribution in [0.2, 0.25) is 0 Å². The third-order valence-corrected chi connectivity index (χ3v) is 3.06. The van der Waals surface area contributed by atoms with Crippen molar-refractivity contribution in [3.8, 4) is 11.8 Å². The summed E-state index contributed by atoms with van der Waals surface area (Å²) in [4.78, 5) is 8.26. The highest BCUT2D eigenvalue weighted by Crippen LogP contribution is 2.25. The summed E-state index contributed by atoms with van der Waals surface area (Å²) in [5, 5.41) is 9.05. The van der Waals surface area contributed by atoms with Crippen molar-refractivity contribution in [1.82, 2.24) is 9.97 Å². The molecule has 0 spiro atoms. The number of ether oxygens (including phenoxy) is 1. The average molecular weight is 309 g/mol. The van der Waals surface area contributed by atoms with Crippen molar-refractivity contribution in [3.63, 3.8) is 0 Å². The molecule has 4 nitrogen and oxygen atoms in total. The monoisotopic (exact) mass is 308 g/mol. The van der Waals surface area contributed by atoms with Gasteiger partial charge in [0.2, 0.25) is 0 Å². The summed E-state index contributed by atoms with van der Waals surface area (Å²) < 4.78 is 6.62. The largest absolute Gasteiger partial charge is 0.424 e. The van der Waals surface area contributed by atoms with Crippen LogP contribution in [0.1, 0.15) is 16.8 Å². The molecule has 0 amide bonds. The first kappa shape index (κ1) is 13.0. The minimum atomic E-state index is -0.0660. The Morgan fingerprint density at radius 3 is 2.72 bits per heavy atom. The lowest BCUT2D eigenvalue weighted by molar-refractivity contribution is 0.279. The van der Waals surface area contributed by atoms with Gasteiger partial charge in [-0.25, -0.2) is 4.98 Å². The quantitative estimate of drug-likeness (QED) is 0.946. The van der Waals surface area contributed by atoms with Crippen LogP contribution < -0.4 is 4.74 Å². The van der Waals surface area contributed by atoms with Crippen molar-refractivity contribution in [1.29, 1.82) is 0 Å². The molecule has 0 saturated carbocycles. The maximum atomic E-state index is 9.05. The fraction of sp³-hybridized carbons (Fsp3) is 0.231. The third-order valence-electron chi connectivity index (χ3n) is 2.57. The summed E-state index contributed by atoms with van der Waals surface area (Å²) in [7, 11) is 0. The molecule has 0 radical (unpaired) electrons. The Balaban J connectivity index is 2.26. The van der Waals surface area contributed by atoms with E-state index >= 15 is 0 Å². The van der Waals surface area contributed by atoms with E-state index in [4.69, 9.17) is 9.84 Å². The van der Waals surface area contributed by atoms with Gasteiger partial charge in [-0.3, -0.25) is 0 Å². The minimum absolute atomic E-state index is 0.0660. The molecule has 0 saturated heterocycles. The van der Waals surface area contributed by atoms with Crippen molar-refractivity contribution in [3.05, 3.63) is 45.7 Å². The topological polar surface area (TPSA) is 55.2 Å². The van der Waals surface area contributed by atoms with Gasteiger partial charge in [-0.1, -0.05) is 15.9 Å². The number of aliphatic hydroxyl groups excluding tert-OH is 1. The zero-order valence-electron chi connectivity index (χ0n) is 10.1. The molecule has 2 rings (SSSR count). The van der Waals surface area contributed by atoms with Crippen LogP contribution in [-0.4, -0.2) is 15.1 Å². The van der Waals surface area contributed by atoms with E-state index < -0.39 is 0 Å². The predicted molar refractivity (Wildman–Crippen MR) is 71.6 cm³/mol. The Morgan fingerprint density at radius 2 is 2.11 bits per heavy atom. The van der Waals surface area contributed by atoms with Crippen LogP contribution >= 0.6 is 15.9 Å². The van der Waals surface area contributed by atoms with E-state index in [0.717, 1.165) is 15.7 Å². The molecular formula is C13H13BrN2O2. The van der Waals surface area contributed by atoms with Crippen LogP contribution in [0.4, 0.5) is 0 Å². The van der Waals surface area contributed by atoms with E-state index in [9.17, 15) is 0 Å². The van der Waals surface area contributed by atoms with Gasteiger partial charge >= 0.3 is 6.01 Å². The van der Waals surface area contributed by atoms with Crippen molar-refractivity contribution in [2.24, 2.45) is 0 Å². The Labute approximate surface area is 114 Å². The third kappa shape index (κ3) is 2.86. The minimum Gasteiger partial charge on any atom is -0.424 e. The van der Waals surface area contributed by atoms with Gasteiger partial charge in [0.15, 0.2) is 0 Å². The zero-order valence-corrected chi connectivity index (χ0v) is 11.7. The summed E-state index contributed by atoms with van der Waals surface area (Å²) in [6, 6.07) is 6.01. The molecule has 5 heteroatoms. The molecular weight excluding hydrogens is 296 g/mol. The maximum absolute atomic E-state index is 9.05. The summed E-state index contributed by atoms with van der Waals surface area (Å²) in [5.74, 6) is 0.717. The van der Waals surface area contributed by atoms with E-state index in [1.807, 2.05) is 32.0 Å². The maximum Gasteiger partial charge on any atom is 0.322 e. The van der Waals surface area contributed by atoms with Crippen LogP contribution in [0.5, 0.6) is 11.8 Å². The molecule has 1 aromatic heterocycles. The lowest BCUT2D eigenvalue weighted by Gasteiger charge is -2.08. The molecule has 2 aromatic rings. The number of benzene rings is 1. The molecule has 0 atom stereocenters. The van der Waals surface area contributed by atoms with Crippen LogP contribution in [-0.2, 0) is 6.61 Å². The van der Waals surface area contributed by atoms with Gasteiger partial charge in [0.1, 0.15) is 5.75 Å². The van der Waals surface area contributed by atoms with Crippen LogP contribution in [0.3, 0.4) is 0 Å². The molecule has 1 aromatic carbocycles. The molecule has 0 aliphatic heterocycles. The van der Waals surface area contributed by atoms with Gasteiger partial charge in [0.25, 0.3) is 0 Å². The standard InChI is InChI=1S/C13H13BrN2O2/c1-8-5-11(14)3-4-12(8)18-13-15-6-10(7-17)9(2)16-13/h3-6,17H,7H2,1-2H3. The lowest BCUT2D eigenvalue weighted by Crippen LogP contribution is -1.99. The van der Waals surface area contributed by atoms with Crippen molar-refractivity contribution >= 4 is 15.9 Å². The number of aryl methyl sites for hydroxylation is 2. The number of hydrogen-bond acceptors (Lipinski definition) is 4. The van der Waals surface area contributed by atoms with Crippen LogP contribution in [0.15, 0.2) is 28.9 Å². The van der Waals surface area contributed by atoms with Gasteiger partial charge in [-0.15, -0.1) is 0 Å². The molecule has 0 aliphatic carbocycles. The van der Waals surface area contributed by atoms with Gasteiger partial charge in [0.05, 0.1) is 12.3 Å². The fourth-order valence-corrected chi connectivity index (χ4v) is 1.98. The average Bonchev–Trinajstić information content (AvgIpc) is 2.33. The normalized spacial score (nSPS) is 10.4. The Morgan fingerprint density at radius 1 is 1.33 bits per heavy atom. The van der Waals surface area contributed by atoms with Gasteiger partial charge in [-0.05, 0) is 37.6 Å². The van der Waals surface area contributed by atoms with Gasteiger partial charge in [0, 0.05) is 16.2 Å². The molecule has 0 fully saturated rings. The first-order chi connectivity index (χ1) is 8.60. The zero-order chi connectivity index (χ0) is 13.1. The van der Waals surface area contributed by atoms with Crippen LogP contribution in [0.25, 0.3) is 0 Å². The second kappa shape index (κ2) is 5.46. The van der Waals surface area contributed by atoms with E-state index in [2.05, 4.69) is 25.9 Å². The number of halogens is 1. The van der Waals surface area contributed by atoms with Crippen molar-refractivity contribution in [2.75, 3.05) is 0 Å². The number of aliphatic hydroxyl groups is 1. The highest BCUT2D eigenvalue weighted by atomic mass is 79.9. The van der Waals surface area contributed by atoms with Crippen molar-refractivity contribution < 1.29 is 9.84 Å². The van der Waals surface area contributed by atoms with Crippen molar-refractivity contribution in [2.45, 2.75) is 20.5 Å². The molecule has 94 valence electrons. The van der Waals surface area contributed by atoms with E-state index in [1.165, 1.54) is 0 Å². The molecule has 18 heavy (non-hydrogen) atoms. The number of aromatic nitrogens is 2. The number of rotatable bonds is 3. The molecule has 1 heterocycles. The summed E-state index contributed by atoms with van der Waals surface area (Å²) in [6.45, 7) is 3.70. The Bertz CT molecular complexity index is 573. The number of hydrogen-bond donors (Lipinski definition) is 1. The second-order valence-corrected chi connectivity index (χ2v) is 4.85. The van der Waals surface area contributed by atoms with E-state index in [0.29, 0.717) is 11.3 Å². The highest BCUT2D eigenvalue weighted by molar-refractivity contribution is 9.10. The predicted octanol–water partition coefficient (Wildman–Crippen LogP) is 3.14. The van der Waals surface area contributed by atoms with Gasteiger partial charge < -0.3 is 9.84 Å². The Hall–Kier alpha value is -1.46. The first-order valence-corrected chi connectivity index (χ1v) is 6.27. The smallest absolute Gasteiger partial charge is 0.322 e. The molecule has 0 unspecified atom stereocenters. The second-order valence-electron chi connectivity index (χ2n) is 3.93. The SMILES string of the molecule is Cc1cc(Br)ccc1Oc1ncc(CO)c(C)n1. The molecule has 0 aliphatic rings. The molecule has 1 N–H and O–H groups in total. The summed E-state index contributed by atoms with van der Waals surface area (Å²) >= 11 is 3.40. The lowest BCUT2D eigenvalue weighted by atomic mass is 10.2. The van der Waals surface area contributed by atoms with E-state index in [-0.39, 0.29) is 12.6 Å².